The average molecular weight is 307 g/mol. The van der Waals surface area contributed by atoms with E-state index < -0.39 is 12.0 Å². The molecule has 0 fully saturated rings. The first kappa shape index (κ1) is 15.5. The lowest BCUT2D eigenvalue weighted by atomic mass is 10.4. The minimum absolute atomic E-state index is 0.120. The van der Waals surface area contributed by atoms with Crippen LogP contribution in [-0.4, -0.2) is 33.8 Å². The van der Waals surface area contributed by atoms with Gasteiger partial charge in [-0.3, -0.25) is 14.0 Å². The molecule has 1 atom stereocenters. The second kappa shape index (κ2) is 7.24. The van der Waals surface area contributed by atoms with Crippen molar-refractivity contribution in [3.05, 3.63) is 46.5 Å². The molecule has 2 aromatic heterocycles. The predicted octanol–water partition coefficient (Wildman–Crippen LogP) is 0.818. The van der Waals surface area contributed by atoms with E-state index >= 15 is 0 Å². The first-order valence-corrected chi connectivity index (χ1v) is 7.74. The van der Waals surface area contributed by atoms with E-state index in [0.29, 0.717) is 29.5 Å². The Bertz CT molecular complexity index is 686. The highest BCUT2D eigenvalue weighted by atomic mass is 32.2. The molecule has 112 valence electrons. The summed E-state index contributed by atoms with van der Waals surface area (Å²) in [5.74, 6) is 0.541. The van der Waals surface area contributed by atoms with Gasteiger partial charge in [-0.05, 0) is 19.1 Å². The topological polar surface area (TPSA) is 86.7 Å². The maximum Gasteiger partial charge on any atom is 0.323 e. The molecule has 21 heavy (non-hydrogen) atoms. The van der Waals surface area contributed by atoms with Crippen molar-refractivity contribution in [3.8, 4) is 0 Å². The van der Waals surface area contributed by atoms with Crippen LogP contribution in [0.4, 0.5) is 0 Å². The van der Waals surface area contributed by atoms with Gasteiger partial charge in [0, 0.05) is 23.8 Å². The molecule has 0 aliphatic heterocycles. The Kier molecular flexibility index (Phi) is 5.35. The Morgan fingerprint density at radius 3 is 3.10 bits per heavy atom. The van der Waals surface area contributed by atoms with Crippen molar-refractivity contribution in [1.29, 1.82) is 0 Å². The zero-order valence-electron chi connectivity index (χ0n) is 11.7. The molecule has 0 radical (unpaired) electrons. The molecule has 2 aromatic rings. The van der Waals surface area contributed by atoms with Crippen molar-refractivity contribution < 1.29 is 9.53 Å². The van der Waals surface area contributed by atoms with E-state index in [2.05, 4.69) is 4.98 Å². The fraction of sp³-hybridized carbons (Fsp3) is 0.357. The van der Waals surface area contributed by atoms with Gasteiger partial charge in [-0.2, -0.15) is 11.8 Å². The number of hydrogen-bond acceptors (Lipinski definition) is 6. The molecule has 0 aliphatic rings. The number of hydrogen-bond donors (Lipinski definition) is 1. The first-order chi connectivity index (χ1) is 10.1. The van der Waals surface area contributed by atoms with E-state index in [4.69, 9.17) is 10.5 Å². The smallest absolute Gasteiger partial charge is 0.323 e. The van der Waals surface area contributed by atoms with Crippen LogP contribution in [0.2, 0.25) is 0 Å². The number of pyridine rings is 1. The quantitative estimate of drug-likeness (QED) is 0.795. The highest BCUT2D eigenvalue weighted by Gasteiger charge is 2.14. The summed E-state index contributed by atoms with van der Waals surface area (Å²) in [7, 11) is 0. The van der Waals surface area contributed by atoms with E-state index in [9.17, 15) is 9.59 Å². The number of ether oxygens (including phenoxy) is 1. The SMILES string of the molecule is CCOC(=O)C(N)CSCc1cc(=O)n2ccccc2n1. The van der Waals surface area contributed by atoms with Crippen LogP contribution in [0.5, 0.6) is 0 Å². The van der Waals surface area contributed by atoms with Crippen LogP contribution in [0.3, 0.4) is 0 Å². The fourth-order valence-electron chi connectivity index (χ4n) is 1.78. The van der Waals surface area contributed by atoms with Gasteiger partial charge in [-0.25, -0.2) is 4.98 Å². The van der Waals surface area contributed by atoms with Crippen molar-refractivity contribution in [2.24, 2.45) is 5.73 Å². The number of fused-ring (bicyclic) bond motifs is 1. The number of esters is 1. The molecule has 0 spiro atoms. The third-order valence-corrected chi connectivity index (χ3v) is 3.86. The molecular formula is C14H17N3O3S. The number of carbonyl (C=O) groups excluding carboxylic acids is 1. The molecule has 0 bridgehead atoms. The summed E-state index contributed by atoms with van der Waals surface area (Å²) in [6, 6.07) is 6.23. The molecule has 2 rings (SSSR count). The number of carbonyl (C=O) groups is 1. The van der Waals surface area contributed by atoms with Gasteiger partial charge in [0.25, 0.3) is 5.56 Å². The van der Waals surface area contributed by atoms with Crippen molar-refractivity contribution in [3.63, 3.8) is 0 Å². The summed E-state index contributed by atoms with van der Waals surface area (Å²) < 4.78 is 6.32. The highest BCUT2D eigenvalue weighted by Crippen LogP contribution is 2.11. The number of rotatable bonds is 6. The van der Waals surface area contributed by atoms with Gasteiger partial charge in [0.15, 0.2) is 0 Å². The molecule has 0 saturated carbocycles. The molecule has 2 N–H and O–H groups in total. The Labute approximate surface area is 126 Å². The molecule has 6 nitrogen and oxygen atoms in total. The lowest BCUT2D eigenvalue weighted by Crippen LogP contribution is -2.34. The van der Waals surface area contributed by atoms with E-state index in [1.54, 1.807) is 25.3 Å². The number of aromatic nitrogens is 2. The van der Waals surface area contributed by atoms with Gasteiger partial charge < -0.3 is 10.5 Å². The van der Waals surface area contributed by atoms with Crippen LogP contribution in [0.1, 0.15) is 12.6 Å². The Morgan fingerprint density at radius 1 is 1.52 bits per heavy atom. The molecule has 0 saturated heterocycles. The van der Waals surface area contributed by atoms with Crippen LogP contribution in [0.25, 0.3) is 5.65 Å². The summed E-state index contributed by atoms with van der Waals surface area (Å²) in [6.07, 6.45) is 1.68. The summed E-state index contributed by atoms with van der Waals surface area (Å²) >= 11 is 1.45. The number of nitrogens with zero attached hydrogens (tertiary/aromatic N) is 2. The van der Waals surface area contributed by atoms with Gasteiger partial charge in [0.2, 0.25) is 0 Å². The molecule has 0 aromatic carbocycles. The van der Waals surface area contributed by atoms with Crippen molar-refractivity contribution >= 4 is 23.4 Å². The average Bonchev–Trinajstić information content (AvgIpc) is 2.47. The summed E-state index contributed by atoms with van der Waals surface area (Å²) in [6.45, 7) is 2.06. The lowest BCUT2D eigenvalue weighted by Gasteiger charge is -2.10. The number of thioether (sulfide) groups is 1. The Morgan fingerprint density at radius 2 is 2.33 bits per heavy atom. The monoisotopic (exact) mass is 307 g/mol. The highest BCUT2D eigenvalue weighted by molar-refractivity contribution is 7.98. The number of nitrogens with two attached hydrogens (primary N) is 1. The third-order valence-electron chi connectivity index (χ3n) is 2.76. The summed E-state index contributed by atoms with van der Waals surface area (Å²) in [5, 5.41) is 0. The van der Waals surface area contributed by atoms with Crippen LogP contribution in [0, 0.1) is 0 Å². The largest absolute Gasteiger partial charge is 0.465 e. The van der Waals surface area contributed by atoms with Gasteiger partial charge in [0.1, 0.15) is 11.7 Å². The van der Waals surface area contributed by atoms with Crippen LogP contribution >= 0.6 is 11.8 Å². The van der Waals surface area contributed by atoms with Crippen LogP contribution in [-0.2, 0) is 15.3 Å². The van der Waals surface area contributed by atoms with Crippen LogP contribution in [0.15, 0.2) is 35.3 Å². The molecular weight excluding hydrogens is 290 g/mol. The van der Waals surface area contributed by atoms with Gasteiger partial charge in [0.05, 0.1) is 12.3 Å². The Balaban J connectivity index is 1.98. The van der Waals surface area contributed by atoms with Gasteiger partial charge in [-0.15, -0.1) is 0 Å². The van der Waals surface area contributed by atoms with E-state index in [0.717, 1.165) is 0 Å². The minimum Gasteiger partial charge on any atom is -0.465 e. The van der Waals surface area contributed by atoms with E-state index in [1.807, 2.05) is 6.07 Å². The second-order valence-electron chi connectivity index (χ2n) is 4.39. The third kappa shape index (κ3) is 4.05. The first-order valence-electron chi connectivity index (χ1n) is 6.59. The van der Waals surface area contributed by atoms with Gasteiger partial charge >= 0.3 is 5.97 Å². The maximum absolute atomic E-state index is 11.9. The predicted molar refractivity (Wildman–Crippen MR) is 82.2 cm³/mol. The molecule has 1 unspecified atom stereocenters. The molecule has 2 heterocycles. The molecule has 0 amide bonds. The van der Waals surface area contributed by atoms with Crippen molar-refractivity contribution in [1.82, 2.24) is 9.38 Å². The summed E-state index contributed by atoms with van der Waals surface area (Å²) in [5.41, 5.74) is 6.87. The van der Waals surface area contributed by atoms with E-state index in [1.165, 1.54) is 22.2 Å². The molecule has 0 aliphatic carbocycles. The standard InChI is InChI=1S/C14H17N3O3S/c1-2-20-14(19)11(15)9-21-8-10-7-13(18)17-6-4-3-5-12(17)16-10/h3-7,11H,2,8-9,15H2,1H3. The van der Waals surface area contributed by atoms with Crippen molar-refractivity contribution in [2.45, 2.75) is 18.7 Å². The second-order valence-corrected chi connectivity index (χ2v) is 5.42. The van der Waals surface area contributed by atoms with Crippen molar-refractivity contribution in [2.75, 3.05) is 12.4 Å². The zero-order valence-corrected chi connectivity index (χ0v) is 12.5. The minimum atomic E-state index is -0.656. The van der Waals surface area contributed by atoms with E-state index in [-0.39, 0.29) is 5.56 Å². The fourth-order valence-corrected chi connectivity index (χ4v) is 2.65. The van der Waals surface area contributed by atoms with Crippen LogP contribution < -0.4 is 11.3 Å². The Hall–Kier alpha value is -1.86. The lowest BCUT2D eigenvalue weighted by molar-refractivity contribution is -0.144. The normalized spacial score (nSPS) is 12.3. The maximum atomic E-state index is 11.9. The molecule has 7 heteroatoms. The zero-order chi connectivity index (χ0) is 15.2. The van der Waals surface area contributed by atoms with Gasteiger partial charge in [-0.1, -0.05) is 6.07 Å². The summed E-state index contributed by atoms with van der Waals surface area (Å²) in [4.78, 5) is 27.7.